The molecule has 1 aliphatic carbocycles. The minimum atomic E-state index is 0.0243. The van der Waals surface area contributed by atoms with E-state index in [0.717, 1.165) is 12.8 Å². The molecule has 1 heterocycles. The van der Waals surface area contributed by atoms with Crippen molar-refractivity contribution in [3.63, 3.8) is 0 Å². The quantitative estimate of drug-likeness (QED) is 0.524. The SMILES string of the molecule is CCCC=CCC1C2CCC1OC(=O)C2. The van der Waals surface area contributed by atoms with Crippen molar-refractivity contribution < 1.29 is 9.53 Å². The number of ether oxygens (including phenoxy) is 1. The number of fused-ring (bicyclic) bond motifs is 2. The highest BCUT2D eigenvalue weighted by atomic mass is 16.5. The van der Waals surface area contributed by atoms with Crippen molar-refractivity contribution in [2.45, 2.75) is 51.6 Å². The van der Waals surface area contributed by atoms with Gasteiger partial charge in [0.15, 0.2) is 0 Å². The molecule has 0 aromatic carbocycles. The maximum absolute atomic E-state index is 11.2. The smallest absolute Gasteiger partial charge is 0.306 e. The molecular formula is C13H20O2. The van der Waals surface area contributed by atoms with Crippen molar-refractivity contribution >= 4 is 5.97 Å². The maximum atomic E-state index is 11.2. The van der Waals surface area contributed by atoms with Crippen LogP contribution in [0.5, 0.6) is 0 Å². The molecule has 2 aliphatic rings. The number of rotatable bonds is 4. The first-order chi connectivity index (χ1) is 7.31. The first kappa shape index (κ1) is 10.7. The molecule has 0 aromatic heterocycles. The molecule has 0 amide bonds. The molecule has 2 fully saturated rings. The fourth-order valence-electron chi connectivity index (χ4n) is 2.82. The molecule has 84 valence electrons. The predicted molar refractivity (Wildman–Crippen MR) is 59.4 cm³/mol. The van der Waals surface area contributed by atoms with Gasteiger partial charge in [-0.15, -0.1) is 0 Å². The predicted octanol–water partition coefficient (Wildman–Crippen LogP) is 3.07. The van der Waals surface area contributed by atoms with E-state index in [0.29, 0.717) is 18.3 Å². The summed E-state index contributed by atoms with van der Waals surface area (Å²) in [4.78, 5) is 11.2. The molecule has 1 saturated heterocycles. The van der Waals surface area contributed by atoms with Crippen LogP contribution >= 0.6 is 0 Å². The second-order valence-corrected chi connectivity index (χ2v) is 4.73. The summed E-state index contributed by atoms with van der Waals surface area (Å²) in [6.07, 6.45) is 11.2. The fraction of sp³-hybridized carbons (Fsp3) is 0.769. The highest BCUT2D eigenvalue weighted by Gasteiger charge is 2.42. The summed E-state index contributed by atoms with van der Waals surface area (Å²) in [5.74, 6) is 1.23. The molecular weight excluding hydrogens is 188 g/mol. The lowest BCUT2D eigenvalue weighted by Crippen LogP contribution is -2.31. The van der Waals surface area contributed by atoms with Crippen molar-refractivity contribution in [2.75, 3.05) is 0 Å². The van der Waals surface area contributed by atoms with Gasteiger partial charge in [0.25, 0.3) is 0 Å². The summed E-state index contributed by atoms with van der Waals surface area (Å²) in [7, 11) is 0. The molecule has 15 heavy (non-hydrogen) atoms. The average molecular weight is 208 g/mol. The van der Waals surface area contributed by atoms with Gasteiger partial charge in [-0.25, -0.2) is 0 Å². The Morgan fingerprint density at radius 1 is 1.40 bits per heavy atom. The Morgan fingerprint density at radius 3 is 3.00 bits per heavy atom. The molecule has 1 saturated carbocycles. The summed E-state index contributed by atoms with van der Waals surface area (Å²) >= 11 is 0. The average Bonchev–Trinajstić information content (AvgIpc) is 2.46. The summed E-state index contributed by atoms with van der Waals surface area (Å²) in [6.45, 7) is 2.19. The molecule has 0 N–H and O–H groups in total. The van der Waals surface area contributed by atoms with E-state index in [1.165, 1.54) is 19.3 Å². The Morgan fingerprint density at radius 2 is 2.27 bits per heavy atom. The van der Waals surface area contributed by atoms with Crippen LogP contribution in [0.4, 0.5) is 0 Å². The minimum Gasteiger partial charge on any atom is -0.462 e. The Labute approximate surface area is 91.7 Å². The first-order valence-electron chi connectivity index (χ1n) is 6.15. The number of hydrogen-bond donors (Lipinski definition) is 0. The molecule has 3 unspecified atom stereocenters. The lowest BCUT2D eigenvalue weighted by Gasteiger charge is -2.28. The largest absolute Gasteiger partial charge is 0.462 e. The number of carbonyl (C=O) groups excluding carboxylic acids is 1. The summed E-state index contributed by atoms with van der Waals surface area (Å²) in [5.41, 5.74) is 0. The fourth-order valence-corrected chi connectivity index (χ4v) is 2.82. The van der Waals surface area contributed by atoms with Crippen molar-refractivity contribution in [3.8, 4) is 0 Å². The standard InChI is InChI=1S/C13H20O2/c1-2-3-4-5-6-11-10-7-8-12(11)15-13(14)9-10/h4-5,10-12H,2-3,6-9H2,1H3. The molecule has 2 bridgehead atoms. The van der Waals surface area contributed by atoms with Crippen LogP contribution in [0.15, 0.2) is 12.2 Å². The normalized spacial score (nSPS) is 34.7. The molecule has 1 aliphatic heterocycles. The number of allylic oxidation sites excluding steroid dienone is 2. The second-order valence-electron chi connectivity index (χ2n) is 4.73. The van der Waals surface area contributed by atoms with E-state index in [4.69, 9.17) is 4.74 Å². The van der Waals surface area contributed by atoms with Gasteiger partial charge >= 0.3 is 5.97 Å². The van der Waals surface area contributed by atoms with Crippen molar-refractivity contribution in [1.82, 2.24) is 0 Å². The Hall–Kier alpha value is -0.790. The van der Waals surface area contributed by atoms with Crippen molar-refractivity contribution in [2.24, 2.45) is 11.8 Å². The lowest BCUT2D eigenvalue weighted by molar-refractivity contribution is -0.157. The van der Waals surface area contributed by atoms with Gasteiger partial charge in [-0.2, -0.15) is 0 Å². The third-order valence-electron chi connectivity index (χ3n) is 3.65. The van der Waals surface area contributed by atoms with Crippen LogP contribution in [0.3, 0.4) is 0 Å². The van der Waals surface area contributed by atoms with E-state index in [9.17, 15) is 4.79 Å². The van der Waals surface area contributed by atoms with Gasteiger partial charge in [0.05, 0.1) is 0 Å². The second kappa shape index (κ2) is 4.82. The van der Waals surface area contributed by atoms with Crippen LogP contribution in [-0.2, 0) is 9.53 Å². The Balaban J connectivity index is 1.86. The highest BCUT2D eigenvalue weighted by molar-refractivity contribution is 5.71. The molecule has 2 nitrogen and oxygen atoms in total. The van der Waals surface area contributed by atoms with Gasteiger partial charge in [0, 0.05) is 12.3 Å². The third kappa shape index (κ3) is 2.42. The number of carbonyl (C=O) groups is 1. The van der Waals surface area contributed by atoms with E-state index in [1.807, 2.05) is 0 Å². The van der Waals surface area contributed by atoms with Crippen LogP contribution in [0, 0.1) is 11.8 Å². The molecule has 0 radical (unpaired) electrons. The lowest BCUT2D eigenvalue weighted by atomic mass is 9.87. The third-order valence-corrected chi connectivity index (χ3v) is 3.65. The van der Waals surface area contributed by atoms with Crippen molar-refractivity contribution in [1.29, 1.82) is 0 Å². The minimum absolute atomic E-state index is 0.0243. The zero-order valence-electron chi connectivity index (χ0n) is 9.45. The summed E-state index contributed by atoms with van der Waals surface area (Å²) in [5, 5.41) is 0. The van der Waals surface area contributed by atoms with Crippen LogP contribution in [0.25, 0.3) is 0 Å². The zero-order chi connectivity index (χ0) is 10.7. The van der Waals surface area contributed by atoms with Gasteiger partial charge < -0.3 is 4.74 Å². The Kier molecular flexibility index (Phi) is 3.45. The molecule has 0 aromatic rings. The van der Waals surface area contributed by atoms with E-state index in [2.05, 4.69) is 19.1 Å². The maximum Gasteiger partial charge on any atom is 0.306 e. The Bertz CT molecular complexity index is 241. The molecule has 3 atom stereocenters. The van der Waals surface area contributed by atoms with Crippen LogP contribution in [0.2, 0.25) is 0 Å². The topological polar surface area (TPSA) is 26.3 Å². The highest BCUT2D eigenvalue weighted by Crippen LogP contribution is 2.42. The number of unbranched alkanes of at least 4 members (excludes halogenated alkanes) is 1. The van der Waals surface area contributed by atoms with Gasteiger partial charge in [0.2, 0.25) is 0 Å². The molecule has 2 rings (SSSR count). The van der Waals surface area contributed by atoms with Gasteiger partial charge in [-0.3, -0.25) is 4.79 Å². The van der Waals surface area contributed by atoms with E-state index in [1.54, 1.807) is 0 Å². The van der Waals surface area contributed by atoms with Gasteiger partial charge in [-0.1, -0.05) is 25.5 Å². The van der Waals surface area contributed by atoms with Crippen molar-refractivity contribution in [3.05, 3.63) is 12.2 Å². The first-order valence-corrected chi connectivity index (χ1v) is 6.15. The van der Waals surface area contributed by atoms with Crippen LogP contribution in [-0.4, -0.2) is 12.1 Å². The van der Waals surface area contributed by atoms with Crippen LogP contribution < -0.4 is 0 Å². The van der Waals surface area contributed by atoms with Gasteiger partial charge in [-0.05, 0) is 31.6 Å². The summed E-state index contributed by atoms with van der Waals surface area (Å²) in [6, 6.07) is 0. The monoisotopic (exact) mass is 208 g/mol. The van der Waals surface area contributed by atoms with E-state index >= 15 is 0 Å². The van der Waals surface area contributed by atoms with E-state index < -0.39 is 0 Å². The molecule has 0 spiro atoms. The summed E-state index contributed by atoms with van der Waals surface area (Å²) < 4.78 is 5.37. The molecule has 2 heteroatoms. The zero-order valence-corrected chi connectivity index (χ0v) is 9.45. The number of hydrogen-bond acceptors (Lipinski definition) is 2. The van der Waals surface area contributed by atoms with Crippen LogP contribution in [0.1, 0.15) is 45.4 Å². The van der Waals surface area contributed by atoms with E-state index in [-0.39, 0.29) is 12.1 Å². The number of esters is 1. The van der Waals surface area contributed by atoms with Gasteiger partial charge in [0.1, 0.15) is 6.10 Å².